The Labute approximate surface area is 157 Å². The van der Waals surface area contributed by atoms with Crippen molar-refractivity contribution >= 4 is 27.2 Å². The minimum absolute atomic E-state index is 0.104. The number of benzene rings is 2. The van der Waals surface area contributed by atoms with Gasteiger partial charge in [0.2, 0.25) is 5.13 Å². The second-order valence-electron chi connectivity index (χ2n) is 7.02. The number of aromatic nitrogens is 3. The molecular weight excluding hydrogens is 340 g/mol. The predicted molar refractivity (Wildman–Crippen MR) is 108 cm³/mol. The van der Waals surface area contributed by atoms with Crippen molar-refractivity contribution in [3.05, 3.63) is 72.6 Å². The van der Waals surface area contributed by atoms with Gasteiger partial charge in [0.05, 0.1) is 0 Å². The van der Waals surface area contributed by atoms with E-state index in [4.69, 9.17) is 0 Å². The number of fused-ring (bicyclic) bond motifs is 1. The van der Waals surface area contributed by atoms with Gasteiger partial charge in [-0.2, -0.15) is 0 Å². The Hall–Kier alpha value is -2.79. The lowest BCUT2D eigenvalue weighted by atomic mass is 9.95. The zero-order valence-electron chi connectivity index (χ0n) is 14.8. The lowest BCUT2D eigenvalue weighted by Crippen LogP contribution is -2.33. The predicted octanol–water partition coefficient (Wildman–Crippen LogP) is 5.19. The number of hydrogen-bond acceptors (Lipinski definition) is 5. The summed E-state index contributed by atoms with van der Waals surface area (Å²) in [7, 11) is 0. The number of nitrogens with zero attached hydrogens (tertiary/aromatic N) is 3. The fraction of sp³-hybridized carbons (Fsp3) is 0.190. The van der Waals surface area contributed by atoms with Crippen LogP contribution in [0.15, 0.2) is 67.0 Å². The maximum Gasteiger partial charge on any atom is 0.206 e. The van der Waals surface area contributed by atoms with E-state index in [1.165, 1.54) is 5.56 Å². The Balaban J connectivity index is 1.53. The van der Waals surface area contributed by atoms with E-state index in [1.54, 1.807) is 11.3 Å². The minimum atomic E-state index is -0.104. The average molecular weight is 360 g/mol. The molecule has 0 amide bonds. The van der Waals surface area contributed by atoms with E-state index in [-0.39, 0.29) is 5.54 Å². The van der Waals surface area contributed by atoms with Gasteiger partial charge >= 0.3 is 0 Å². The van der Waals surface area contributed by atoms with Gasteiger partial charge in [0.1, 0.15) is 5.01 Å². The molecule has 4 rings (SSSR count). The molecule has 0 fully saturated rings. The van der Waals surface area contributed by atoms with E-state index in [2.05, 4.69) is 76.8 Å². The van der Waals surface area contributed by atoms with Crippen LogP contribution in [0.3, 0.4) is 0 Å². The van der Waals surface area contributed by atoms with Crippen molar-refractivity contribution in [2.45, 2.75) is 25.8 Å². The molecule has 1 N–H and O–H groups in total. The largest absolute Gasteiger partial charge is 0.355 e. The van der Waals surface area contributed by atoms with Crippen molar-refractivity contribution in [2.24, 2.45) is 0 Å². The van der Waals surface area contributed by atoms with Crippen LogP contribution in [-0.4, -0.2) is 20.7 Å². The summed E-state index contributed by atoms with van der Waals surface area (Å²) in [5.74, 6) is 0. The second kappa shape index (κ2) is 6.84. The maximum absolute atomic E-state index is 4.37. The molecule has 0 aliphatic carbocycles. The van der Waals surface area contributed by atoms with Crippen LogP contribution in [0.1, 0.15) is 19.4 Å². The van der Waals surface area contributed by atoms with Gasteiger partial charge in [0, 0.05) is 28.9 Å². The highest BCUT2D eigenvalue weighted by Gasteiger charge is 2.20. The Morgan fingerprint density at radius 2 is 1.81 bits per heavy atom. The zero-order valence-corrected chi connectivity index (χ0v) is 15.6. The van der Waals surface area contributed by atoms with Crippen LogP contribution in [0.4, 0.5) is 5.13 Å². The first kappa shape index (κ1) is 16.7. The highest BCUT2D eigenvalue weighted by atomic mass is 32.1. The molecule has 2 aromatic heterocycles. The normalized spacial score (nSPS) is 11.6. The van der Waals surface area contributed by atoms with E-state index in [0.717, 1.165) is 32.9 Å². The number of pyridine rings is 1. The number of hydrogen-bond donors (Lipinski definition) is 1. The van der Waals surface area contributed by atoms with E-state index < -0.39 is 0 Å². The molecule has 2 aromatic carbocycles. The molecule has 4 nitrogen and oxygen atoms in total. The van der Waals surface area contributed by atoms with Crippen LogP contribution in [0, 0.1) is 0 Å². The molecule has 0 atom stereocenters. The molecule has 0 bridgehead atoms. The topological polar surface area (TPSA) is 50.7 Å². The summed E-state index contributed by atoms with van der Waals surface area (Å²) in [5.41, 5.74) is 2.28. The molecule has 5 heteroatoms. The van der Waals surface area contributed by atoms with Crippen LogP contribution in [0.2, 0.25) is 0 Å². The maximum atomic E-state index is 4.37. The quantitative estimate of drug-likeness (QED) is 0.532. The average Bonchev–Trinajstić information content (AvgIpc) is 3.09. The molecule has 4 aromatic rings. The molecule has 0 radical (unpaired) electrons. The van der Waals surface area contributed by atoms with Gasteiger partial charge in [-0.3, -0.25) is 4.98 Å². The van der Waals surface area contributed by atoms with E-state index in [1.807, 2.05) is 24.5 Å². The smallest absolute Gasteiger partial charge is 0.206 e. The molecule has 130 valence electrons. The van der Waals surface area contributed by atoms with Crippen molar-refractivity contribution < 1.29 is 0 Å². The summed E-state index contributed by atoms with van der Waals surface area (Å²) in [5, 5.41) is 16.3. The van der Waals surface area contributed by atoms with E-state index >= 15 is 0 Å². The summed E-state index contributed by atoms with van der Waals surface area (Å²) < 4.78 is 0. The van der Waals surface area contributed by atoms with Gasteiger partial charge in [0.15, 0.2) is 0 Å². The van der Waals surface area contributed by atoms with Gasteiger partial charge in [-0.25, -0.2) is 0 Å². The molecule has 0 saturated carbocycles. The standard InChI is InChI=1S/C21H20N4S/c1-21(2,13-15-6-4-3-5-7-15)23-20-25-24-19(26-20)17-8-9-18-14-22-11-10-16(18)12-17/h3-12,14H,13H2,1-2H3,(H,23,25). The van der Waals surface area contributed by atoms with Crippen molar-refractivity contribution in [2.75, 3.05) is 5.32 Å². The van der Waals surface area contributed by atoms with Crippen LogP contribution in [0.5, 0.6) is 0 Å². The van der Waals surface area contributed by atoms with Crippen LogP contribution < -0.4 is 5.32 Å². The summed E-state index contributed by atoms with van der Waals surface area (Å²) >= 11 is 1.58. The highest BCUT2D eigenvalue weighted by molar-refractivity contribution is 7.18. The summed E-state index contributed by atoms with van der Waals surface area (Å²) in [6.07, 6.45) is 4.61. The minimum Gasteiger partial charge on any atom is -0.355 e. The fourth-order valence-corrected chi connectivity index (χ4v) is 3.97. The Kier molecular flexibility index (Phi) is 4.39. The molecular formula is C21H20N4S. The van der Waals surface area contributed by atoms with Gasteiger partial charge in [-0.15, -0.1) is 10.2 Å². The number of anilines is 1. The molecule has 0 unspecified atom stereocenters. The van der Waals surface area contributed by atoms with Gasteiger partial charge in [-0.05, 0) is 43.4 Å². The lowest BCUT2D eigenvalue weighted by Gasteiger charge is -2.25. The van der Waals surface area contributed by atoms with Gasteiger partial charge < -0.3 is 5.32 Å². The lowest BCUT2D eigenvalue weighted by molar-refractivity contribution is 0.563. The third kappa shape index (κ3) is 3.73. The number of rotatable bonds is 5. The van der Waals surface area contributed by atoms with Crippen LogP contribution >= 0.6 is 11.3 Å². The van der Waals surface area contributed by atoms with Crippen LogP contribution in [0.25, 0.3) is 21.3 Å². The molecule has 2 heterocycles. The zero-order chi connectivity index (χ0) is 18.0. The third-order valence-electron chi connectivity index (χ3n) is 4.25. The third-order valence-corrected chi connectivity index (χ3v) is 5.13. The molecule has 0 aliphatic heterocycles. The molecule has 0 aliphatic rings. The van der Waals surface area contributed by atoms with Crippen molar-refractivity contribution in [1.82, 2.24) is 15.2 Å². The Bertz CT molecular complexity index is 1020. The molecule has 0 spiro atoms. The monoisotopic (exact) mass is 360 g/mol. The summed E-state index contributed by atoms with van der Waals surface area (Å²) in [6.45, 7) is 4.37. The number of nitrogens with one attached hydrogen (secondary N) is 1. The van der Waals surface area contributed by atoms with E-state index in [9.17, 15) is 0 Å². The molecule has 26 heavy (non-hydrogen) atoms. The first-order chi connectivity index (χ1) is 12.6. The van der Waals surface area contributed by atoms with Crippen LogP contribution in [-0.2, 0) is 6.42 Å². The second-order valence-corrected chi connectivity index (χ2v) is 8.00. The van der Waals surface area contributed by atoms with Gasteiger partial charge in [-0.1, -0.05) is 53.8 Å². The first-order valence-electron chi connectivity index (χ1n) is 8.59. The van der Waals surface area contributed by atoms with Crippen molar-refractivity contribution in [3.8, 4) is 10.6 Å². The van der Waals surface area contributed by atoms with E-state index in [0.29, 0.717) is 0 Å². The fourth-order valence-electron chi connectivity index (χ4n) is 3.05. The molecule has 0 saturated heterocycles. The summed E-state index contributed by atoms with van der Waals surface area (Å²) in [4.78, 5) is 4.16. The van der Waals surface area contributed by atoms with Gasteiger partial charge in [0.25, 0.3) is 0 Å². The first-order valence-corrected chi connectivity index (χ1v) is 9.40. The van der Waals surface area contributed by atoms with Crippen molar-refractivity contribution in [3.63, 3.8) is 0 Å². The Morgan fingerprint density at radius 1 is 0.962 bits per heavy atom. The Morgan fingerprint density at radius 3 is 2.65 bits per heavy atom. The summed E-state index contributed by atoms with van der Waals surface area (Å²) in [6, 6.07) is 18.8. The SMILES string of the molecule is CC(C)(Cc1ccccc1)Nc1nnc(-c2ccc3cnccc3c2)s1. The highest BCUT2D eigenvalue weighted by Crippen LogP contribution is 2.30. The van der Waals surface area contributed by atoms with Crippen molar-refractivity contribution in [1.29, 1.82) is 0 Å².